The smallest absolute Gasteiger partial charge is 0.203 e. The molecule has 2 aliphatic rings. The van der Waals surface area contributed by atoms with Crippen molar-refractivity contribution >= 4 is 28.4 Å². The molecule has 2 aliphatic heterocycles. The Morgan fingerprint density at radius 1 is 1.00 bits per heavy atom. The van der Waals surface area contributed by atoms with Gasteiger partial charge in [-0.05, 0) is 52.5 Å². The molecule has 0 unspecified atom stereocenters. The molecule has 3 aromatic rings. The van der Waals surface area contributed by atoms with Crippen LogP contribution in [0.5, 0.6) is 0 Å². The van der Waals surface area contributed by atoms with Crippen LogP contribution >= 0.6 is 11.3 Å². The van der Waals surface area contributed by atoms with Crippen molar-refractivity contribution in [3.05, 3.63) is 64.5 Å². The van der Waals surface area contributed by atoms with E-state index in [1.165, 1.54) is 29.7 Å². The van der Waals surface area contributed by atoms with E-state index < -0.39 is 0 Å². The van der Waals surface area contributed by atoms with Crippen LogP contribution in [0.1, 0.15) is 57.2 Å². The summed E-state index contributed by atoms with van der Waals surface area (Å²) < 4.78 is 0. The summed E-state index contributed by atoms with van der Waals surface area (Å²) in [5.41, 5.74) is 11.2. The monoisotopic (exact) mass is 430 g/mol. The first-order valence-corrected chi connectivity index (χ1v) is 12.0. The normalized spacial score (nSPS) is 18.8. The lowest BCUT2D eigenvalue weighted by atomic mass is 9.69. The maximum Gasteiger partial charge on any atom is 0.203 e. The largest absolute Gasteiger partial charge is 0.371 e. The Kier molecular flexibility index (Phi) is 4.89. The number of aromatic nitrogens is 1. The van der Waals surface area contributed by atoms with Crippen LogP contribution in [0.15, 0.2) is 52.9 Å². The molecule has 0 spiro atoms. The highest BCUT2D eigenvalue weighted by molar-refractivity contribution is 7.14. The molecule has 4 nitrogen and oxygen atoms in total. The summed E-state index contributed by atoms with van der Waals surface area (Å²) in [6.07, 6.45) is 4.33. The Bertz CT molecular complexity index is 1090. The van der Waals surface area contributed by atoms with Crippen molar-refractivity contribution in [1.29, 1.82) is 0 Å². The second-order valence-electron chi connectivity index (χ2n) is 9.99. The van der Waals surface area contributed by atoms with E-state index in [-0.39, 0.29) is 10.8 Å². The number of thiazole rings is 1. The van der Waals surface area contributed by atoms with Gasteiger partial charge >= 0.3 is 0 Å². The van der Waals surface area contributed by atoms with Crippen LogP contribution in [0, 0.1) is 0 Å². The van der Waals surface area contributed by atoms with Crippen LogP contribution in [-0.4, -0.2) is 24.3 Å². The quantitative estimate of drug-likeness (QED) is 0.383. The van der Waals surface area contributed by atoms with Crippen molar-refractivity contribution in [3.63, 3.8) is 0 Å². The van der Waals surface area contributed by atoms with Gasteiger partial charge in [-0.25, -0.2) is 4.98 Å². The van der Waals surface area contributed by atoms with Crippen molar-refractivity contribution in [3.8, 4) is 11.3 Å². The van der Waals surface area contributed by atoms with Gasteiger partial charge < -0.3 is 4.90 Å². The Morgan fingerprint density at radius 3 is 2.29 bits per heavy atom. The zero-order valence-electron chi connectivity index (χ0n) is 18.8. The minimum Gasteiger partial charge on any atom is -0.371 e. The molecule has 5 heteroatoms. The fraction of sp³-hybridized carbons (Fsp3) is 0.385. The molecule has 160 valence electrons. The van der Waals surface area contributed by atoms with Crippen LogP contribution in [0.25, 0.3) is 11.3 Å². The van der Waals surface area contributed by atoms with Gasteiger partial charge in [-0.3, -0.25) is 5.43 Å². The van der Waals surface area contributed by atoms with E-state index in [1.54, 1.807) is 11.3 Å². The Labute approximate surface area is 189 Å². The second kappa shape index (κ2) is 7.49. The number of anilines is 2. The highest BCUT2D eigenvalue weighted by Crippen LogP contribution is 2.49. The highest BCUT2D eigenvalue weighted by atomic mass is 32.1. The SMILES string of the molecule is CC1(C)CCN2CCC(C)(C)c3cc(C=NNc4nc(-c5ccccc5)cs4)cc1c32. The topological polar surface area (TPSA) is 40.5 Å². The van der Waals surface area contributed by atoms with Crippen LogP contribution in [0.4, 0.5) is 10.8 Å². The molecule has 0 saturated carbocycles. The first-order valence-electron chi connectivity index (χ1n) is 11.1. The van der Waals surface area contributed by atoms with Gasteiger partial charge in [-0.15, -0.1) is 11.3 Å². The summed E-state index contributed by atoms with van der Waals surface area (Å²) in [4.78, 5) is 7.27. The second-order valence-corrected chi connectivity index (χ2v) is 10.9. The lowest BCUT2D eigenvalue weighted by Crippen LogP contribution is -2.44. The molecule has 2 aromatic carbocycles. The lowest BCUT2D eigenvalue weighted by Gasteiger charge is -2.48. The third-order valence-corrected chi connectivity index (χ3v) is 7.61. The number of hydrazone groups is 1. The standard InChI is InChI=1S/C26H30N4S/c1-25(2)10-12-30-13-11-26(3,4)21-15-18(14-20(25)23(21)30)16-27-29-24-28-22(17-31-24)19-8-6-5-7-9-19/h5-9,14-17H,10-13H2,1-4H3,(H,28,29). The molecule has 0 atom stereocenters. The third kappa shape index (κ3) is 3.76. The van der Waals surface area contributed by atoms with Gasteiger partial charge in [0.25, 0.3) is 0 Å². The Balaban J connectivity index is 1.43. The molecule has 1 aromatic heterocycles. The van der Waals surface area contributed by atoms with Gasteiger partial charge in [0.1, 0.15) is 0 Å². The van der Waals surface area contributed by atoms with Crippen LogP contribution in [-0.2, 0) is 10.8 Å². The number of nitrogens with one attached hydrogen (secondary N) is 1. The van der Waals surface area contributed by atoms with Crippen LogP contribution in [0.2, 0.25) is 0 Å². The molecule has 0 aliphatic carbocycles. The van der Waals surface area contributed by atoms with E-state index in [0.29, 0.717) is 0 Å². The molecular weight excluding hydrogens is 400 g/mol. The summed E-state index contributed by atoms with van der Waals surface area (Å²) in [5, 5.41) is 7.41. The van der Waals surface area contributed by atoms with Crippen LogP contribution < -0.4 is 10.3 Å². The highest BCUT2D eigenvalue weighted by Gasteiger charge is 2.39. The fourth-order valence-electron chi connectivity index (χ4n) is 4.77. The van der Waals surface area contributed by atoms with Gasteiger partial charge in [0.05, 0.1) is 11.9 Å². The number of rotatable bonds is 4. The van der Waals surface area contributed by atoms with Gasteiger partial charge in [0.15, 0.2) is 0 Å². The summed E-state index contributed by atoms with van der Waals surface area (Å²) in [7, 11) is 0. The van der Waals surface area contributed by atoms with Crippen molar-refractivity contribution in [1.82, 2.24) is 4.98 Å². The molecule has 0 bridgehead atoms. The van der Waals surface area contributed by atoms with Gasteiger partial charge in [0.2, 0.25) is 5.13 Å². The minimum atomic E-state index is 0.186. The molecule has 0 radical (unpaired) electrons. The molecule has 3 heterocycles. The lowest BCUT2D eigenvalue weighted by molar-refractivity contribution is 0.401. The minimum absolute atomic E-state index is 0.186. The summed E-state index contributed by atoms with van der Waals surface area (Å²) >= 11 is 1.58. The molecule has 5 rings (SSSR count). The number of hydrogen-bond donors (Lipinski definition) is 1. The first kappa shape index (κ1) is 20.3. The maximum absolute atomic E-state index is 4.67. The number of benzene rings is 2. The summed E-state index contributed by atoms with van der Waals surface area (Å²) in [5.74, 6) is 0. The fourth-order valence-corrected chi connectivity index (χ4v) is 5.43. The van der Waals surface area contributed by atoms with Crippen molar-refractivity contribution < 1.29 is 0 Å². The molecule has 1 N–H and O–H groups in total. The predicted octanol–water partition coefficient (Wildman–Crippen LogP) is 6.43. The first-order chi connectivity index (χ1) is 14.8. The molecule has 31 heavy (non-hydrogen) atoms. The Hall–Kier alpha value is -2.66. The van der Waals surface area contributed by atoms with Crippen molar-refractivity contribution in [2.75, 3.05) is 23.4 Å². The van der Waals surface area contributed by atoms with E-state index in [9.17, 15) is 0 Å². The van der Waals surface area contributed by atoms with E-state index in [2.05, 4.69) is 77.8 Å². The van der Waals surface area contributed by atoms with E-state index in [0.717, 1.165) is 35.0 Å². The molecule has 0 amide bonds. The zero-order valence-corrected chi connectivity index (χ0v) is 19.6. The van der Waals surface area contributed by atoms with Crippen LogP contribution in [0.3, 0.4) is 0 Å². The number of nitrogens with zero attached hydrogens (tertiary/aromatic N) is 3. The average Bonchev–Trinajstić information content (AvgIpc) is 3.22. The van der Waals surface area contributed by atoms with Gasteiger partial charge in [0, 0.05) is 29.7 Å². The predicted molar refractivity (Wildman–Crippen MR) is 133 cm³/mol. The average molecular weight is 431 g/mol. The Morgan fingerprint density at radius 2 is 1.65 bits per heavy atom. The molecule has 0 fully saturated rings. The van der Waals surface area contributed by atoms with Gasteiger partial charge in [-0.2, -0.15) is 5.10 Å². The van der Waals surface area contributed by atoms with E-state index in [1.807, 2.05) is 24.4 Å². The van der Waals surface area contributed by atoms with Crippen molar-refractivity contribution in [2.24, 2.45) is 5.10 Å². The third-order valence-electron chi connectivity index (χ3n) is 6.87. The van der Waals surface area contributed by atoms with E-state index >= 15 is 0 Å². The number of hydrogen-bond acceptors (Lipinski definition) is 5. The molecular formula is C26H30N4S. The zero-order chi connectivity index (χ0) is 21.6. The van der Waals surface area contributed by atoms with E-state index in [4.69, 9.17) is 0 Å². The van der Waals surface area contributed by atoms with Crippen molar-refractivity contribution in [2.45, 2.75) is 51.4 Å². The molecule has 0 saturated heterocycles. The maximum atomic E-state index is 4.67. The summed E-state index contributed by atoms with van der Waals surface area (Å²) in [6.45, 7) is 11.8. The van der Waals surface area contributed by atoms with Gasteiger partial charge in [-0.1, -0.05) is 58.0 Å². The summed E-state index contributed by atoms with van der Waals surface area (Å²) in [6, 6.07) is 14.9.